The molecule has 0 spiro atoms. The van der Waals surface area contributed by atoms with Crippen LogP contribution in [0.25, 0.3) is 29.1 Å². The Hall–Kier alpha value is -3.22. The molecule has 0 bridgehead atoms. The highest BCUT2D eigenvalue weighted by atomic mass is 19.2. The molecule has 0 amide bonds. The molecule has 27 heavy (non-hydrogen) atoms. The van der Waals surface area contributed by atoms with Gasteiger partial charge in [0, 0.05) is 46.7 Å². The fraction of sp³-hybridized carbons (Fsp3) is 0.0500. The molecule has 2 aliphatic rings. The van der Waals surface area contributed by atoms with Crippen LogP contribution in [0, 0.1) is 12.7 Å². The van der Waals surface area contributed by atoms with E-state index in [4.69, 9.17) is 0 Å². The van der Waals surface area contributed by atoms with Crippen molar-refractivity contribution in [2.75, 3.05) is 0 Å². The number of halogens is 3. The molecule has 0 fully saturated rings. The maximum absolute atomic E-state index is 15.1. The number of hydrogen-bond acceptors (Lipinski definition) is 0. The molecule has 7 heteroatoms. The van der Waals surface area contributed by atoms with E-state index in [0.29, 0.717) is 22.5 Å². The van der Waals surface area contributed by atoms with Crippen LogP contribution in [0.2, 0.25) is 0 Å². The Labute approximate surface area is 153 Å². The van der Waals surface area contributed by atoms with Crippen LogP contribution in [0.4, 0.5) is 13.0 Å². The second-order valence-corrected chi connectivity index (χ2v) is 6.85. The number of hydrogen-bond donors (Lipinski definition) is 1. The van der Waals surface area contributed by atoms with Gasteiger partial charge in [0.1, 0.15) is 12.0 Å². The largest absolute Gasteiger partial charge is 0.737 e. The molecule has 134 valence electrons. The molecule has 0 saturated heterocycles. The Bertz CT molecular complexity index is 1220. The van der Waals surface area contributed by atoms with Crippen molar-refractivity contribution < 1.29 is 17.5 Å². The molecule has 2 aliphatic heterocycles. The third kappa shape index (κ3) is 2.27. The SMILES string of the molecule is Cc1cc(/C=C/c2c[nH]c3ccc(F)cc23)n2c1C=C1C=CC=[N+]1[B-]2(F)F. The van der Waals surface area contributed by atoms with E-state index in [2.05, 4.69) is 4.98 Å². The summed E-state index contributed by atoms with van der Waals surface area (Å²) in [5.74, 6) is -0.336. The second-order valence-electron chi connectivity index (χ2n) is 6.85. The number of aromatic amines is 1. The molecule has 2 aromatic heterocycles. The minimum absolute atomic E-state index is 0.336. The van der Waals surface area contributed by atoms with E-state index in [1.54, 1.807) is 48.7 Å². The van der Waals surface area contributed by atoms with Crippen LogP contribution in [0.1, 0.15) is 22.5 Å². The van der Waals surface area contributed by atoms with E-state index in [1.165, 1.54) is 18.3 Å². The molecule has 0 atom stereocenters. The number of aryl methyl sites for hydroxylation is 1. The lowest BCUT2D eigenvalue weighted by atomic mass is 9.91. The van der Waals surface area contributed by atoms with Crippen molar-refractivity contribution >= 4 is 42.3 Å². The third-order valence-corrected chi connectivity index (χ3v) is 5.16. The summed E-state index contributed by atoms with van der Waals surface area (Å²) < 4.78 is 46.0. The highest BCUT2D eigenvalue weighted by molar-refractivity contribution is 6.58. The summed E-state index contributed by atoms with van der Waals surface area (Å²) in [5.41, 5.74) is 3.74. The lowest BCUT2D eigenvalue weighted by molar-refractivity contribution is -0.355. The highest BCUT2D eigenvalue weighted by Crippen LogP contribution is 2.34. The summed E-state index contributed by atoms with van der Waals surface area (Å²) in [5, 5.41) is 0.713. The van der Waals surface area contributed by atoms with E-state index in [-0.39, 0.29) is 5.82 Å². The number of allylic oxidation sites excluding steroid dienone is 2. The van der Waals surface area contributed by atoms with Crippen molar-refractivity contribution in [3.05, 3.63) is 76.6 Å². The molecule has 0 unspecified atom stereocenters. The van der Waals surface area contributed by atoms with Crippen LogP contribution < -0.4 is 0 Å². The van der Waals surface area contributed by atoms with Gasteiger partial charge in [-0.1, -0.05) is 6.08 Å². The fourth-order valence-electron chi connectivity index (χ4n) is 3.86. The van der Waals surface area contributed by atoms with Gasteiger partial charge >= 0.3 is 6.97 Å². The highest BCUT2D eigenvalue weighted by Gasteiger charge is 2.50. The smallest absolute Gasteiger partial charge is 0.390 e. The van der Waals surface area contributed by atoms with Crippen LogP contribution in [0.5, 0.6) is 0 Å². The number of aromatic nitrogens is 2. The van der Waals surface area contributed by atoms with E-state index >= 15 is 8.63 Å². The molecule has 0 aliphatic carbocycles. The van der Waals surface area contributed by atoms with Gasteiger partial charge < -0.3 is 22.6 Å². The average molecular weight is 365 g/mol. The van der Waals surface area contributed by atoms with Gasteiger partial charge in [-0.2, -0.15) is 0 Å². The van der Waals surface area contributed by atoms with Gasteiger partial charge in [-0.05, 0) is 48.4 Å². The Kier molecular flexibility index (Phi) is 3.19. The number of rotatable bonds is 2. The molecule has 3 nitrogen and oxygen atoms in total. The van der Waals surface area contributed by atoms with E-state index in [0.717, 1.165) is 25.6 Å². The summed E-state index contributed by atoms with van der Waals surface area (Å²) in [4.78, 5) is 3.07. The fourth-order valence-corrected chi connectivity index (χ4v) is 3.86. The molecule has 4 heterocycles. The van der Waals surface area contributed by atoms with Crippen molar-refractivity contribution in [3.63, 3.8) is 0 Å². The topological polar surface area (TPSA) is 23.7 Å². The summed E-state index contributed by atoms with van der Waals surface area (Å²) in [6.45, 7) is -2.15. The zero-order valence-electron chi connectivity index (χ0n) is 14.5. The summed E-state index contributed by atoms with van der Waals surface area (Å²) in [7, 11) is 0. The first-order chi connectivity index (χ1) is 12.9. The standard InChI is InChI=1S/C20H15BF3N3/c1-13-9-17(6-4-14-12-25-19-7-5-15(22)10-18(14)19)27-20(13)11-16-3-2-8-26(16)21(27,23)24/h2-12,25H,1H3/b6-4+. The number of benzene rings is 1. The first-order valence-electron chi connectivity index (χ1n) is 8.66. The lowest BCUT2D eigenvalue weighted by Crippen LogP contribution is -2.49. The zero-order chi connectivity index (χ0) is 18.8. The van der Waals surface area contributed by atoms with Crippen LogP contribution in [0.15, 0.2) is 48.3 Å². The predicted molar refractivity (Wildman–Crippen MR) is 103 cm³/mol. The molecule has 3 aromatic rings. The Morgan fingerprint density at radius 3 is 2.89 bits per heavy atom. The monoisotopic (exact) mass is 365 g/mol. The minimum atomic E-state index is -3.97. The van der Waals surface area contributed by atoms with Gasteiger partial charge in [0.15, 0.2) is 5.70 Å². The Balaban J connectivity index is 1.63. The molecule has 1 N–H and O–H groups in total. The van der Waals surface area contributed by atoms with Gasteiger partial charge in [-0.15, -0.1) is 0 Å². The van der Waals surface area contributed by atoms with Gasteiger partial charge in [0.2, 0.25) is 0 Å². The predicted octanol–water partition coefficient (Wildman–Crippen LogP) is 4.82. The van der Waals surface area contributed by atoms with Gasteiger partial charge in [-0.25, -0.2) is 4.39 Å². The van der Waals surface area contributed by atoms with Crippen molar-refractivity contribution in [2.24, 2.45) is 0 Å². The van der Waals surface area contributed by atoms with Crippen molar-refractivity contribution in [1.82, 2.24) is 9.46 Å². The van der Waals surface area contributed by atoms with E-state index in [1.807, 2.05) is 6.92 Å². The first kappa shape index (κ1) is 16.0. The number of fused-ring (bicyclic) bond motifs is 3. The Morgan fingerprint density at radius 2 is 2.04 bits per heavy atom. The molecular weight excluding hydrogens is 350 g/mol. The van der Waals surface area contributed by atoms with E-state index < -0.39 is 6.97 Å². The summed E-state index contributed by atoms with van der Waals surface area (Å²) in [6, 6.07) is 6.22. The van der Waals surface area contributed by atoms with Crippen molar-refractivity contribution in [2.45, 2.75) is 6.92 Å². The number of nitrogens with zero attached hydrogens (tertiary/aromatic N) is 2. The summed E-state index contributed by atoms with van der Waals surface area (Å²) >= 11 is 0. The average Bonchev–Trinajstić information content (AvgIpc) is 3.32. The third-order valence-electron chi connectivity index (χ3n) is 5.16. The van der Waals surface area contributed by atoms with Crippen LogP contribution in [0.3, 0.4) is 0 Å². The van der Waals surface area contributed by atoms with Crippen molar-refractivity contribution in [1.29, 1.82) is 0 Å². The van der Waals surface area contributed by atoms with Gasteiger partial charge in [0.05, 0.1) is 0 Å². The van der Waals surface area contributed by atoms with Crippen LogP contribution in [-0.2, 0) is 0 Å². The number of nitrogens with one attached hydrogen (secondary N) is 1. The second kappa shape index (κ2) is 5.39. The Morgan fingerprint density at radius 1 is 1.19 bits per heavy atom. The van der Waals surface area contributed by atoms with Crippen molar-refractivity contribution in [3.8, 4) is 0 Å². The number of H-pyrrole nitrogens is 1. The quantitative estimate of drug-likeness (QED) is 0.630. The molecule has 0 radical (unpaired) electrons. The molecular formula is C20H15BF3N3. The molecule has 5 rings (SSSR count). The summed E-state index contributed by atoms with van der Waals surface area (Å²) in [6.07, 6.45) is 11.6. The first-order valence-corrected chi connectivity index (χ1v) is 8.66. The van der Waals surface area contributed by atoms with Gasteiger partial charge in [0.25, 0.3) is 0 Å². The molecule has 0 saturated carbocycles. The lowest BCUT2D eigenvalue weighted by Gasteiger charge is -2.29. The van der Waals surface area contributed by atoms with Gasteiger partial charge in [-0.3, -0.25) is 0 Å². The van der Waals surface area contributed by atoms with Crippen LogP contribution >= 0.6 is 0 Å². The minimum Gasteiger partial charge on any atom is -0.390 e. The van der Waals surface area contributed by atoms with E-state index in [9.17, 15) is 4.39 Å². The normalized spacial score (nSPS) is 17.3. The maximum atomic E-state index is 15.1. The maximum Gasteiger partial charge on any atom is 0.737 e. The zero-order valence-corrected chi connectivity index (χ0v) is 14.5. The van der Waals surface area contributed by atoms with Crippen LogP contribution in [-0.4, -0.2) is 27.1 Å². The molecule has 1 aromatic carbocycles.